The van der Waals surface area contributed by atoms with Gasteiger partial charge in [-0.15, -0.1) is 0 Å². The fraction of sp³-hybridized carbons (Fsp3) is 0.667. The van der Waals surface area contributed by atoms with Gasteiger partial charge >= 0.3 is 0 Å². The van der Waals surface area contributed by atoms with Crippen molar-refractivity contribution in [3.05, 3.63) is 28.7 Å². The Bertz CT molecular complexity index is 597. The van der Waals surface area contributed by atoms with Crippen LogP contribution in [0.3, 0.4) is 0 Å². The summed E-state index contributed by atoms with van der Waals surface area (Å²) in [5.74, 6) is 2.71. The van der Waals surface area contributed by atoms with Crippen LogP contribution in [-0.4, -0.2) is 26.7 Å². The third-order valence-electron chi connectivity index (χ3n) is 4.16. The van der Waals surface area contributed by atoms with Crippen molar-refractivity contribution in [2.75, 3.05) is 6.54 Å². The Kier molecular flexibility index (Phi) is 3.80. The molecule has 0 aromatic carbocycles. The molecule has 6 nitrogen and oxygen atoms in total. The first-order chi connectivity index (χ1) is 10.1. The summed E-state index contributed by atoms with van der Waals surface area (Å²) in [6, 6.07) is 0.207. The molecule has 0 amide bonds. The van der Waals surface area contributed by atoms with Crippen LogP contribution in [-0.2, 0) is 6.54 Å². The van der Waals surface area contributed by atoms with E-state index in [4.69, 9.17) is 9.05 Å². The molecular formula is C15H22N4O2. The van der Waals surface area contributed by atoms with E-state index >= 15 is 0 Å². The molecule has 1 aliphatic heterocycles. The molecule has 0 saturated carbocycles. The van der Waals surface area contributed by atoms with Crippen LogP contribution in [0.1, 0.15) is 67.4 Å². The molecule has 114 valence electrons. The normalized spacial score (nSPS) is 19.8. The lowest BCUT2D eigenvalue weighted by Gasteiger charge is -2.21. The molecule has 1 aliphatic rings. The van der Waals surface area contributed by atoms with Gasteiger partial charge in [-0.2, -0.15) is 4.98 Å². The molecule has 2 aromatic rings. The molecule has 3 heterocycles. The SMILES string of the molecule is Cc1noc(C)c1CN1CCC[C@H]1c1nc(C(C)C)no1. The van der Waals surface area contributed by atoms with Crippen molar-refractivity contribution in [2.45, 2.75) is 59.0 Å². The number of hydrogen-bond donors (Lipinski definition) is 0. The van der Waals surface area contributed by atoms with E-state index in [0.29, 0.717) is 5.92 Å². The Morgan fingerprint density at radius 3 is 2.67 bits per heavy atom. The molecule has 1 fully saturated rings. The minimum Gasteiger partial charge on any atom is -0.361 e. The van der Waals surface area contributed by atoms with Gasteiger partial charge in [0.2, 0.25) is 5.89 Å². The van der Waals surface area contributed by atoms with Crippen molar-refractivity contribution in [3.8, 4) is 0 Å². The maximum Gasteiger partial charge on any atom is 0.244 e. The molecule has 1 saturated heterocycles. The molecule has 21 heavy (non-hydrogen) atoms. The second kappa shape index (κ2) is 5.60. The Balaban J connectivity index is 1.79. The number of nitrogens with zero attached hydrogens (tertiary/aromatic N) is 4. The summed E-state index contributed by atoms with van der Waals surface area (Å²) in [6.07, 6.45) is 2.20. The van der Waals surface area contributed by atoms with E-state index in [0.717, 1.165) is 49.1 Å². The number of hydrogen-bond acceptors (Lipinski definition) is 6. The quantitative estimate of drug-likeness (QED) is 0.861. The minimum atomic E-state index is 0.207. The average molecular weight is 290 g/mol. The van der Waals surface area contributed by atoms with Crippen molar-refractivity contribution < 1.29 is 9.05 Å². The largest absolute Gasteiger partial charge is 0.361 e. The lowest BCUT2D eigenvalue weighted by Crippen LogP contribution is -2.23. The van der Waals surface area contributed by atoms with Crippen LogP contribution in [0.15, 0.2) is 9.05 Å². The maximum absolute atomic E-state index is 5.48. The van der Waals surface area contributed by atoms with Crippen LogP contribution >= 0.6 is 0 Å². The van der Waals surface area contributed by atoms with Crippen LogP contribution in [0.5, 0.6) is 0 Å². The predicted molar refractivity (Wildman–Crippen MR) is 76.7 cm³/mol. The Hall–Kier alpha value is -1.69. The molecule has 0 unspecified atom stereocenters. The van der Waals surface area contributed by atoms with Crippen LogP contribution in [0, 0.1) is 13.8 Å². The first-order valence-electron chi connectivity index (χ1n) is 7.55. The summed E-state index contributed by atoms with van der Waals surface area (Å²) in [4.78, 5) is 6.94. The zero-order chi connectivity index (χ0) is 15.0. The van der Waals surface area contributed by atoms with E-state index in [9.17, 15) is 0 Å². The van der Waals surface area contributed by atoms with Crippen LogP contribution < -0.4 is 0 Å². The maximum atomic E-state index is 5.48. The second-order valence-electron chi connectivity index (χ2n) is 6.08. The highest BCUT2D eigenvalue weighted by Gasteiger charge is 2.32. The van der Waals surface area contributed by atoms with Crippen molar-refractivity contribution in [1.29, 1.82) is 0 Å². The fourth-order valence-electron chi connectivity index (χ4n) is 2.84. The Labute approximate surface area is 124 Å². The van der Waals surface area contributed by atoms with Crippen molar-refractivity contribution >= 4 is 0 Å². The molecule has 3 rings (SSSR count). The topological polar surface area (TPSA) is 68.2 Å². The first kappa shape index (κ1) is 14.3. The lowest BCUT2D eigenvalue weighted by atomic mass is 10.1. The summed E-state index contributed by atoms with van der Waals surface area (Å²) in [5.41, 5.74) is 2.14. The standard InChI is InChI=1S/C15H22N4O2/c1-9(2)14-16-15(21-18-14)13-6-5-7-19(13)8-12-10(3)17-20-11(12)4/h9,13H,5-8H2,1-4H3/t13-/m0/s1. The van der Waals surface area contributed by atoms with Gasteiger partial charge < -0.3 is 9.05 Å². The highest BCUT2D eigenvalue weighted by molar-refractivity contribution is 5.21. The van der Waals surface area contributed by atoms with Crippen molar-refractivity contribution in [1.82, 2.24) is 20.2 Å². The number of aryl methyl sites for hydroxylation is 2. The second-order valence-corrected chi connectivity index (χ2v) is 6.08. The monoisotopic (exact) mass is 290 g/mol. The molecule has 2 aromatic heterocycles. The first-order valence-corrected chi connectivity index (χ1v) is 7.55. The zero-order valence-electron chi connectivity index (χ0n) is 13.1. The summed E-state index contributed by atoms with van der Waals surface area (Å²) in [5, 5.41) is 8.11. The van der Waals surface area contributed by atoms with Gasteiger partial charge in [-0.1, -0.05) is 24.2 Å². The van der Waals surface area contributed by atoms with Crippen molar-refractivity contribution in [3.63, 3.8) is 0 Å². The van der Waals surface area contributed by atoms with Gasteiger partial charge in [-0.05, 0) is 33.2 Å². The molecule has 1 atom stereocenters. The third-order valence-corrected chi connectivity index (χ3v) is 4.16. The van der Waals surface area contributed by atoms with Gasteiger partial charge in [-0.3, -0.25) is 4.90 Å². The molecule has 0 N–H and O–H groups in total. The summed E-state index contributed by atoms with van der Waals surface area (Å²) >= 11 is 0. The Morgan fingerprint density at radius 1 is 1.24 bits per heavy atom. The molecule has 0 spiro atoms. The zero-order valence-corrected chi connectivity index (χ0v) is 13.1. The van der Waals surface area contributed by atoms with Crippen LogP contribution in [0.4, 0.5) is 0 Å². The molecule has 0 aliphatic carbocycles. The van der Waals surface area contributed by atoms with Crippen molar-refractivity contribution in [2.24, 2.45) is 0 Å². The molecule has 0 radical (unpaired) electrons. The third kappa shape index (κ3) is 2.72. The highest BCUT2D eigenvalue weighted by Crippen LogP contribution is 2.33. The minimum absolute atomic E-state index is 0.207. The van der Waals surface area contributed by atoms with E-state index in [2.05, 4.69) is 34.0 Å². The van der Waals surface area contributed by atoms with Gasteiger partial charge in [0.1, 0.15) is 5.76 Å². The van der Waals surface area contributed by atoms with Gasteiger partial charge in [0, 0.05) is 18.0 Å². The van der Waals surface area contributed by atoms with E-state index < -0.39 is 0 Å². The molecular weight excluding hydrogens is 268 g/mol. The predicted octanol–water partition coefficient (Wildman–Crippen LogP) is 3.13. The highest BCUT2D eigenvalue weighted by atomic mass is 16.5. The summed E-state index contributed by atoms with van der Waals surface area (Å²) in [7, 11) is 0. The van der Waals surface area contributed by atoms with E-state index in [1.807, 2.05) is 13.8 Å². The fourth-order valence-corrected chi connectivity index (χ4v) is 2.84. The lowest BCUT2D eigenvalue weighted by molar-refractivity contribution is 0.199. The number of rotatable bonds is 4. The van der Waals surface area contributed by atoms with E-state index in [1.165, 1.54) is 5.56 Å². The summed E-state index contributed by atoms with van der Waals surface area (Å²) < 4.78 is 10.7. The van der Waals surface area contributed by atoms with Crippen LogP contribution in [0.2, 0.25) is 0 Å². The van der Waals surface area contributed by atoms with E-state index in [-0.39, 0.29) is 6.04 Å². The van der Waals surface area contributed by atoms with Gasteiger partial charge in [-0.25, -0.2) is 0 Å². The van der Waals surface area contributed by atoms with E-state index in [1.54, 1.807) is 0 Å². The van der Waals surface area contributed by atoms with Gasteiger partial charge in [0.15, 0.2) is 5.82 Å². The smallest absolute Gasteiger partial charge is 0.244 e. The van der Waals surface area contributed by atoms with Gasteiger partial charge in [0.05, 0.1) is 11.7 Å². The molecule has 0 bridgehead atoms. The Morgan fingerprint density at radius 2 is 2.05 bits per heavy atom. The average Bonchev–Trinajstić information content (AvgIpc) is 3.14. The van der Waals surface area contributed by atoms with Gasteiger partial charge in [0.25, 0.3) is 0 Å². The molecule has 6 heteroatoms. The van der Waals surface area contributed by atoms with Crippen LogP contribution in [0.25, 0.3) is 0 Å². The summed E-state index contributed by atoms with van der Waals surface area (Å²) in [6.45, 7) is 9.96. The number of likely N-dealkylation sites (tertiary alicyclic amines) is 1. The number of aromatic nitrogens is 3.